The van der Waals surface area contributed by atoms with E-state index in [1.54, 1.807) is 0 Å². The molecule has 0 heterocycles. The van der Waals surface area contributed by atoms with E-state index in [0.29, 0.717) is 12.5 Å². The molecule has 0 bridgehead atoms. The Labute approximate surface area is 135 Å². The van der Waals surface area contributed by atoms with Crippen LogP contribution in [0.15, 0.2) is 24.3 Å². The number of nitrogens with zero attached hydrogens (tertiary/aromatic N) is 1. The zero-order valence-corrected chi connectivity index (χ0v) is 13.3. The van der Waals surface area contributed by atoms with Crippen LogP contribution >= 0.6 is 0 Å². The second-order valence-electron chi connectivity index (χ2n) is 5.09. The van der Waals surface area contributed by atoms with E-state index < -0.39 is 11.9 Å². The van der Waals surface area contributed by atoms with E-state index >= 15 is 0 Å². The van der Waals surface area contributed by atoms with Crippen molar-refractivity contribution >= 4 is 18.4 Å². The first-order valence-corrected chi connectivity index (χ1v) is 7.16. The highest BCUT2D eigenvalue weighted by atomic mass is 16.4. The Hall–Kier alpha value is -2.41. The first-order chi connectivity index (χ1) is 10.8. The lowest BCUT2D eigenvalue weighted by atomic mass is 9.97. The van der Waals surface area contributed by atoms with Gasteiger partial charge in [0.2, 0.25) is 0 Å². The van der Waals surface area contributed by atoms with Crippen LogP contribution in [0.25, 0.3) is 0 Å². The summed E-state index contributed by atoms with van der Waals surface area (Å²) in [6, 6.07) is 7.89. The summed E-state index contributed by atoms with van der Waals surface area (Å²) in [5.41, 5.74) is 2.15. The Morgan fingerprint density at radius 1 is 1.13 bits per heavy atom. The molecule has 128 valence electrons. The summed E-state index contributed by atoms with van der Waals surface area (Å²) >= 11 is 0. The Morgan fingerprint density at radius 2 is 1.57 bits per heavy atom. The fourth-order valence-electron chi connectivity index (χ4n) is 2.00. The predicted molar refractivity (Wildman–Crippen MR) is 84.4 cm³/mol. The Bertz CT molecular complexity index is 484. The summed E-state index contributed by atoms with van der Waals surface area (Å²) < 4.78 is 0. The molecule has 0 aromatic heterocycles. The lowest BCUT2D eigenvalue weighted by Gasteiger charge is -2.18. The number of benzene rings is 1. The number of carboxylic acid groups (broad SMARTS) is 3. The summed E-state index contributed by atoms with van der Waals surface area (Å²) in [4.78, 5) is 31.2. The number of carboxylic acids is 2. The minimum Gasteiger partial charge on any atom is -0.483 e. The van der Waals surface area contributed by atoms with Crippen LogP contribution in [0.4, 0.5) is 0 Å². The summed E-state index contributed by atoms with van der Waals surface area (Å²) in [6.07, 6.45) is 1.06. The van der Waals surface area contributed by atoms with Crippen molar-refractivity contribution in [2.24, 2.45) is 0 Å². The molecule has 1 aromatic rings. The van der Waals surface area contributed by atoms with Crippen LogP contribution in [0.2, 0.25) is 0 Å². The van der Waals surface area contributed by atoms with Crippen molar-refractivity contribution < 1.29 is 29.7 Å². The van der Waals surface area contributed by atoms with E-state index in [1.807, 2.05) is 24.3 Å². The van der Waals surface area contributed by atoms with Gasteiger partial charge < -0.3 is 15.3 Å². The molecule has 0 amide bonds. The number of hydrogen-bond donors (Lipinski definition) is 3. The quantitative estimate of drug-likeness (QED) is 0.625. The number of rotatable bonds is 8. The van der Waals surface area contributed by atoms with Gasteiger partial charge in [0.05, 0.1) is 13.1 Å². The minimum absolute atomic E-state index is 0.250. The molecule has 1 rings (SSSR count). The van der Waals surface area contributed by atoms with Crippen molar-refractivity contribution in [2.45, 2.75) is 32.7 Å². The second kappa shape index (κ2) is 11.2. The second-order valence-corrected chi connectivity index (χ2v) is 5.09. The third-order valence-electron chi connectivity index (χ3n) is 3.29. The van der Waals surface area contributed by atoms with Gasteiger partial charge in [-0.3, -0.25) is 19.3 Å². The first-order valence-electron chi connectivity index (χ1n) is 7.16. The van der Waals surface area contributed by atoms with Crippen molar-refractivity contribution in [3.63, 3.8) is 0 Å². The molecule has 0 aliphatic carbocycles. The SMILES string of the molecule is CCC(C)c1ccc(CN(CC(=O)O)CC(=O)O)cc1.O=CO. The van der Waals surface area contributed by atoms with Gasteiger partial charge >= 0.3 is 11.9 Å². The zero-order valence-electron chi connectivity index (χ0n) is 13.3. The summed E-state index contributed by atoms with van der Waals surface area (Å²) in [5, 5.41) is 24.5. The summed E-state index contributed by atoms with van der Waals surface area (Å²) in [6.45, 7) is 3.79. The van der Waals surface area contributed by atoms with Crippen LogP contribution in [0.1, 0.15) is 37.3 Å². The summed E-state index contributed by atoms with van der Waals surface area (Å²) in [7, 11) is 0. The molecule has 1 atom stereocenters. The maximum absolute atomic E-state index is 10.7. The predicted octanol–water partition coefficient (Wildman–Crippen LogP) is 1.87. The molecule has 3 N–H and O–H groups in total. The van der Waals surface area contributed by atoms with E-state index in [9.17, 15) is 9.59 Å². The largest absolute Gasteiger partial charge is 0.483 e. The molecule has 1 unspecified atom stereocenters. The molecule has 0 aliphatic heterocycles. The molecule has 0 spiro atoms. The lowest BCUT2D eigenvalue weighted by Crippen LogP contribution is -2.33. The van der Waals surface area contributed by atoms with Crippen molar-refractivity contribution in [3.05, 3.63) is 35.4 Å². The molecule has 1 aromatic carbocycles. The molecule has 0 radical (unpaired) electrons. The average molecular weight is 325 g/mol. The number of carbonyl (C=O) groups is 3. The van der Waals surface area contributed by atoms with E-state index in [1.165, 1.54) is 10.5 Å². The smallest absolute Gasteiger partial charge is 0.317 e. The fraction of sp³-hybridized carbons (Fsp3) is 0.438. The highest BCUT2D eigenvalue weighted by Gasteiger charge is 2.14. The van der Waals surface area contributed by atoms with Crippen LogP contribution in [-0.4, -0.2) is 51.7 Å². The highest BCUT2D eigenvalue weighted by Crippen LogP contribution is 2.19. The zero-order chi connectivity index (χ0) is 17.8. The monoisotopic (exact) mass is 325 g/mol. The summed E-state index contributed by atoms with van der Waals surface area (Å²) in [5.74, 6) is -1.57. The van der Waals surface area contributed by atoms with E-state index in [-0.39, 0.29) is 19.6 Å². The first kappa shape index (κ1) is 20.6. The third kappa shape index (κ3) is 9.26. The maximum Gasteiger partial charge on any atom is 0.317 e. The van der Waals surface area contributed by atoms with Crippen LogP contribution in [0.3, 0.4) is 0 Å². The third-order valence-corrected chi connectivity index (χ3v) is 3.29. The van der Waals surface area contributed by atoms with Gasteiger partial charge in [-0.2, -0.15) is 0 Å². The number of hydrogen-bond acceptors (Lipinski definition) is 4. The van der Waals surface area contributed by atoms with Gasteiger partial charge in [-0.15, -0.1) is 0 Å². The molecule has 7 heteroatoms. The molecule has 0 saturated carbocycles. The van der Waals surface area contributed by atoms with Crippen molar-refractivity contribution in [1.82, 2.24) is 4.90 Å². The molecule has 0 saturated heterocycles. The van der Waals surface area contributed by atoms with Gasteiger partial charge in [-0.25, -0.2) is 0 Å². The van der Waals surface area contributed by atoms with Gasteiger partial charge in [0.1, 0.15) is 0 Å². The maximum atomic E-state index is 10.7. The van der Waals surface area contributed by atoms with Gasteiger partial charge in [-0.05, 0) is 23.5 Å². The molecule has 0 fully saturated rings. The van der Waals surface area contributed by atoms with Crippen molar-refractivity contribution in [1.29, 1.82) is 0 Å². The van der Waals surface area contributed by atoms with Crippen LogP contribution in [-0.2, 0) is 20.9 Å². The van der Waals surface area contributed by atoms with Gasteiger partial charge in [0.15, 0.2) is 0 Å². The molecular formula is C16H23NO6. The van der Waals surface area contributed by atoms with E-state index in [0.717, 1.165) is 12.0 Å². The Balaban J connectivity index is 0.00000149. The van der Waals surface area contributed by atoms with Crippen LogP contribution < -0.4 is 0 Å². The molecule has 23 heavy (non-hydrogen) atoms. The number of aliphatic carboxylic acids is 2. The molecule has 0 aliphatic rings. The van der Waals surface area contributed by atoms with Gasteiger partial charge in [-0.1, -0.05) is 38.1 Å². The Morgan fingerprint density at radius 3 is 1.91 bits per heavy atom. The average Bonchev–Trinajstić information content (AvgIpc) is 2.46. The fourth-order valence-corrected chi connectivity index (χ4v) is 2.00. The van der Waals surface area contributed by atoms with Crippen molar-refractivity contribution in [2.75, 3.05) is 13.1 Å². The normalized spacial score (nSPS) is 11.3. The Kier molecular flexibility index (Phi) is 10.0. The molecular weight excluding hydrogens is 302 g/mol. The van der Waals surface area contributed by atoms with E-state index in [4.69, 9.17) is 20.1 Å². The highest BCUT2D eigenvalue weighted by molar-refractivity contribution is 5.72. The van der Waals surface area contributed by atoms with Crippen LogP contribution in [0.5, 0.6) is 0 Å². The van der Waals surface area contributed by atoms with Gasteiger partial charge in [0, 0.05) is 6.54 Å². The van der Waals surface area contributed by atoms with E-state index in [2.05, 4.69) is 13.8 Å². The topological polar surface area (TPSA) is 115 Å². The van der Waals surface area contributed by atoms with Gasteiger partial charge in [0.25, 0.3) is 6.47 Å². The van der Waals surface area contributed by atoms with Crippen molar-refractivity contribution in [3.8, 4) is 0 Å². The van der Waals surface area contributed by atoms with Crippen LogP contribution in [0, 0.1) is 0 Å². The standard InChI is InChI=1S/C15H21NO4.CH2O2/c1-3-11(2)13-6-4-12(5-7-13)8-16(9-14(17)18)10-15(19)20;2-1-3/h4-7,11H,3,8-10H2,1-2H3,(H,17,18)(H,19,20);1H,(H,2,3). The molecule has 7 nitrogen and oxygen atoms in total. The lowest BCUT2D eigenvalue weighted by molar-refractivity contribution is -0.142. The minimum atomic E-state index is -1.03.